The molecule has 2 rings (SSSR count). The average molecular weight is 234 g/mol. The van der Waals surface area contributed by atoms with Gasteiger partial charge in [-0.25, -0.2) is 4.98 Å². The lowest BCUT2D eigenvalue weighted by Crippen LogP contribution is -2.26. The summed E-state index contributed by atoms with van der Waals surface area (Å²) in [6.45, 7) is 0. The average Bonchev–Trinajstić information content (AvgIpc) is 2.33. The third-order valence-corrected chi connectivity index (χ3v) is 3.76. The molecular weight excluding hydrogens is 220 g/mol. The molecule has 0 radical (unpaired) electrons. The molecule has 1 fully saturated rings. The summed E-state index contributed by atoms with van der Waals surface area (Å²) in [4.78, 5) is 4.18. The molecule has 0 aromatic carbocycles. The summed E-state index contributed by atoms with van der Waals surface area (Å²) in [6, 6.07) is 4.13. The summed E-state index contributed by atoms with van der Waals surface area (Å²) in [5, 5.41) is 12.0. The molecule has 84 valence electrons. The van der Waals surface area contributed by atoms with Crippen molar-refractivity contribution in [1.82, 2.24) is 4.98 Å². The Morgan fingerprint density at radius 3 is 3.12 bits per heavy atom. The summed E-state index contributed by atoms with van der Waals surface area (Å²) in [5.74, 6) is 3.04. The van der Waals surface area contributed by atoms with Crippen LogP contribution in [0.3, 0.4) is 0 Å². The smallest absolute Gasteiger partial charge is 0.149 e. The Balaban J connectivity index is 2.06. The Kier molecular flexibility index (Phi) is 3.52. The van der Waals surface area contributed by atoms with Gasteiger partial charge in [-0.05, 0) is 24.7 Å². The molecule has 1 saturated heterocycles. The molecule has 0 aliphatic carbocycles. The number of hydrogen-bond donors (Lipinski definition) is 2. The second-order valence-electron chi connectivity index (χ2n) is 3.83. The molecule has 1 aromatic heterocycles. The molecule has 0 bridgehead atoms. The molecule has 0 saturated carbocycles. The number of aromatic nitrogens is 1. The van der Waals surface area contributed by atoms with Gasteiger partial charge in [0.05, 0.1) is 11.3 Å². The van der Waals surface area contributed by atoms with Gasteiger partial charge in [-0.15, -0.1) is 0 Å². The minimum atomic E-state index is 0.446. The number of hydrogen-bond acceptors (Lipinski definition) is 5. The van der Waals surface area contributed by atoms with Crippen LogP contribution in [0.25, 0.3) is 0 Å². The first-order chi connectivity index (χ1) is 7.79. The maximum Gasteiger partial charge on any atom is 0.149 e. The van der Waals surface area contributed by atoms with Crippen LogP contribution in [0.1, 0.15) is 18.4 Å². The van der Waals surface area contributed by atoms with Crippen molar-refractivity contribution >= 4 is 23.3 Å². The molecule has 3 N–H and O–H groups in total. The number of nitrogens with one attached hydrogen (secondary N) is 1. The normalized spacial score (nSPS) is 20.1. The molecular formula is C11H14N4S. The van der Waals surface area contributed by atoms with Gasteiger partial charge in [0.15, 0.2) is 0 Å². The lowest BCUT2D eigenvalue weighted by Gasteiger charge is -2.23. The highest BCUT2D eigenvalue weighted by Gasteiger charge is 2.15. The zero-order chi connectivity index (χ0) is 11.4. The third kappa shape index (κ3) is 2.58. The van der Waals surface area contributed by atoms with Gasteiger partial charge in [0.1, 0.15) is 11.9 Å². The molecule has 1 unspecified atom stereocenters. The minimum absolute atomic E-state index is 0.446. The van der Waals surface area contributed by atoms with Crippen LogP contribution in [0.5, 0.6) is 0 Å². The third-order valence-electron chi connectivity index (χ3n) is 2.55. The van der Waals surface area contributed by atoms with Crippen LogP contribution in [0.15, 0.2) is 12.3 Å². The quantitative estimate of drug-likeness (QED) is 0.816. The van der Waals surface area contributed by atoms with Crippen LogP contribution in [-0.4, -0.2) is 22.5 Å². The van der Waals surface area contributed by atoms with E-state index >= 15 is 0 Å². The van der Waals surface area contributed by atoms with Gasteiger partial charge in [0.2, 0.25) is 0 Å². The Morgan fingerprint density at radius 2 is 2.50 bits per heavy atom. The standard InChI is InChI=1S/C11H14N4S/c12-5-8-4-10(13)11(14-6-8)15-9-2-1-3-16-7-9/h4,6,9H,1-3,7,13H2,(H,14,15). The van der Waals surface area contributed by atoms with E-state index in [0.29, 0.717) is 23.1 Å². The van der Waals surface area contributed by atoms with Gasteiger partial charge in [0, 0.05) is 18.0 Å². The molecule has 1 atom stereocenters. The highest BCUT2D eigenvalue weighted by molar-refractivity contribution is 7.99. The largest absolute Gasteiger partial charge is 0.396 e. The molecule has 4 nitrogen and oxygen atoms in total. The fraction of sp³-hybridized carbons (Fsp3) is 0.455. The van der Waals surface area contributed by atoms with Crippen molar-refractivity contribution in [3.05, 3.63) is 17.8 Å². The van der Waals surface area contributed by atoms with Crippen molar-refractivity contribution in [3.63, 3.8) is 0 Å². The second-order valence-corrected chi connectivity index (χ2v) is 4.98. The molecule has 0 amide bonds. The van der Waals surface area contributed by atoms with E-state index in [1.54, 1.807) is 12.3 Å². The Morgan fingerprint density at radius 1 is 1.62 bits per heavy atom. The van der Waals surface area contributed by atoms with E-state index in [1.807, 2.05) is 17.8 Å². The van der Waals surface area contributed by atoms with E-state index in [1.165, 1.54) is 12.2 Å². The fourth-order valence-corrected chi connectivity index (χ4v) is 2.78. The van der Waals surface area contributed by atoms with Crippen LogP contribution in [0.2, 0.25) is 0 Å². The van der Waals surface area contributed by atoms with Gasteiger partial charge in [0.25, 0.3) is 0 Å². The second kappa shape index (κ2) is 5.08. The number of nitriles is 1. The first-order valence-corrected chi connectivity index (χ1v) is 6.45. The predicted molar refractivity (Wildman–Crippen MR) is 67.3 cm³/mol. The van der Waals surface area contributed by atoms with Crippen molar-refractivity contribution < 1.29 is 0 Å². The van der Waals surface area contributed by atoms with Crippen LogP contribution < -0.4 is 11.1 Å². The molecule has 0 spiro atoms. The summed E-state index contributed by atoms with van der Waals surface area (Å²) in [5.41, 5.74) is 6.88. The maximum absolute atomic E-state index is 8.71. The van der Waals surface area contributed by atoms with E-state index in [-0.39, 0.29) is 0 Å². The summed E-state index contributed by atoms with van der Waals surface area (Å²) >= 11 is 1.95. The number of pyridine rings is 1. The van der Waals surface area contributed by atoms with Gasteiger partial charge in [-0.3, -0.25) is 0 Å². The Hall–Kier alpha value is -1.41. The SMILES string of the molecule is N#Cc1cnc(NC2CCCSC2)c(N)c1. The van der Waals surface area contributed by atoms with Gasteiger partial charge in [-0.1, -0.05) is 0 Å². The lowest BCUT2D eigenvalue weighted by molar-refractivity contribution is 0.683. The van der Waals surface area contributed by atoms with Gasteiger partial charge < -0.3 is 11.1 Å². The zero-order valence-corrected chi connectivity index (χ0v) is 9.76. The number of nitrogen functional groups attached to an aromatic ring is 1. The minimum Gasteiger partial charge on any atom is -0.396 e. The number of nitrogens with zero attached hydrogens (tertiary/aromatic N) is 2. The van der Waals surface area contributed by atoms with E-state index in [4.69, 9.17) is 11.0 Å². The highest BCUT2D eigenvalue weighted by atomic mass is 32.2. The molecule has 1 aliphatic heterocycles. The summed E-state index contributed by atoms with van der Waals surface area (Å²) in [7, 11) is 0. The Labute approximate surface area is 99.2 Å². The van der Waals surface area contributed by atoms with Crippen LogP contribution >= 0.6 is 11.8 Å². The summed E-state index contributed by atoms with van der Waals surface area (Å²) in [6.07, 6.45) is 3.95. The maximum atomic E-state index is 8.71. The van der Waals surface area contributed by atoms with Crippen molar-refractivity contribution in [2.24, 2.45) is 0 Å². The van der Waals surface area contributed by atoms with Crippen molar-refractivity contribution in [1.29, 1.82) is 5.26 Å². The zero-order valence-electron chi connectivity index (χ0n) is 8.94. The first-order valence-electron chi connectivity index (χ1n) is 5.29. The lowest BCUT2D eigenvalue weighted by atomic mass is 10.2. The van der Waals surface area contributed by atoms with Crippen LogP contribution in [0, 0.1) is 11.3 Å². The van der Waals surface area contributed by atoms with Crippen LogP contribution in [-0.2, 0) is 0 Å². The highest BCUT2D eigenvalue weighted by Crippen LogP contribution is 2.23. The van der Waals surface area contributed by atoms with Crippen molar-refractivity contribution in [2.45, 2.75) is 18.9 Å². The number of anilines is 2. The van der Waals surface area contributed by atoms with Gasteiger partial charge in [-0.2, -0.15) is 17.0 Å². The number of rotatable bonds is 2. The molecule has 16 heavy (non-hydrogen) atoms. The van der Waals surface area contributed by atoms with Crippen LogP contribution in [0.4, 0.5) is 11.5 Å². The van der Waals surface area contributed by atoms with E-state index in [9.17, 15) is 0 Å². The first kappa shape index (κ1) is 11.1. The predicted octanol–water partition coefficient (Wildman–Crippen LogP) is 1.84. The molecule has 2 heterocycles. The number of nitrogens with two attached hydrogens (primary N) is 1. The molecule has 5 heteroatoms. The topological polar surface area (TPSA) is 74.7 Å². The fourth-order valence-electron chi connectivity index (χ4n) is 1.71. The van der Waals surface area contributed by atoms with E-state index < -0.39 is 0 Å². The number of thioether (sulfide) groups is 1. The molecule has 1 aliphatic rings. The molecule has 1 aromatic rings. The Bertz CT molecular complexity index is 407. The monoisotopic (exact) mass is 234 g/mol. The van der Waals surface area contributed by atoms with Crippen molar-refractivity contribution in [2.75, 3.05) is 22.6 Å². The van der Waals surface area contributed by atoms with E-state index in [0.717, 1.165) is 12.2 Å². The van der Waals surface area contributed by atoms with Crippen molar-refractivity contribution in [3.8, 4) is 6.07 Å². The van der Waals surface area contributed by atoms with Gasteiger partial charge >= 0.3 is 0 Å². The summed E-state index contributed by atoms with van der Waals surface area (Å²) < 4.78 is 0. The van der Waals surface area contributed by atoms with E-state index in [2.05, 4.69) is 10.3 Å².